The largest absolute Gasteiger partial charge is 0.462 e. The van der Waals surface area contributed by atoms with Crippen LogP contribution in [0.1, 0.15) is 220 Å². The maximum atomic E-state index is 12.8. The molecular formula is C56H92O6. The van der Waals surface area contributed by atoms with E-state index in [0.717, 1.165) is 122 Å². The van der Waals surface area contributed by atoms with Gasteiger partial charge in [0.2, 0.25) is 0 Å². The van der Waals surface area contributed by atoms with Gasteiger partial charge < -0.3 is 14.2 Å². The summed E-state index contributed by atoms with van der Waals surface area (Å²) in [6.07, 6.45) is 65.4. The summed E-state index contributed by atoms with van der Waals surface area (Å²) in [6, 6.07) is 0. The molecule has 0 bridgehead atoms. The van der Waals surface area contributed by atoms with Crippen LogP contribution in [0.4, 0.5) is 0 Å². The van der Waals surface area contributed by atoms with Gasteiger partial charge >= 0.3 is 17.9 Å². The lowest BCUT2D eigenvalue weighted by atomic mass is 10.1. The first-order valence-electron chi connectivity index (χ1n) is 25.2. The van der Waals surface area contributed by atoms with E-state index >= 15 is 0 Å². The Labute approximate surface area is 381 Å². The molecule has 0 rings (SSSR count). The molecule has 1 atom stereocenters. The van der Waals surface area contributed by atoms with Crippen LogP contribution in [0.3, 0.4) is 0 Å². The molecule has 0 N–H and O–H groups in total. The van der Waals surface area contributed by atoms with Crippen molar-refractivity contribution >= 4 is 17.9 Å². The minimum atomic E-state index is -0.800. The number of hydrogen-bond acceptors (Lipinski definition) is 6. The summed E-state index contributed by atoms with van der Waals surface area (Å²) in [5.41, 5.74) is 0. The van der Waals surface area contributed by atoms with Gasteiger partial charge in [0.25, 0.3) is 0 Å². The molecule has 0 spiro atoms. The van der Waals surface area contributed by atoms with Gasteiger partial charge in [0.15, 0.2) is 6.10 Å². The fourth-order valence-electron chi connectivity index (χ4n) is 6.52. The van der Waals surface area contributed by atoms with Crippen LogP contribution in [-0.2, 0) is 28.6 Å². The lowest BCUT2D eigenvalue weighted by Gasteiger charge is -2.18. The summed E-state index contributed by atoms with van der Waals surface area (Å²) in [5.74, 6) is -0.964. The fourth-order valence-corrected chi connectivity index (χ4v) is 6.52. The fraction of sp³-hybridized carbons (Fsp3) is 0.661. The van der Waals surface area contributed by atoms with Crippen LogP contribution >= 0.6 is 0 Å². The Balaban J connectivity index is 4.43. The summed E-state index contributed by atoms with van der Waals surface area (Å²) in [7, 11) is 0. The third kappa shape index (κ3) is 47.4. The Hall–Kier alpha value is -3.67. The van der Waals surface area contributed by atoms with Gasteiger partial charge in [0.1, 0.15) is 13.2 Å². The van der Waals surface area contributed by atoms with Crippen LogP contribution in [0.5, 0.6) is 0 Å². The molecular weight excluding hydrogens is 769 g/mol. The zero-order chi connectivity index (χ0) is 45.1. The summed E-state index contributed by atoms with van der Waals surface area (Å²) in [6.45, 7) is 6.40. The first-order chi connectivity index (χ1) is 30.5. The highest BCUT2D eigenvalue weighted by Gasteiger charge is 2.19. The van der Waals surface area contributed by atoms with Crippen LogP contribution in [0, 0.1) is 0 Å². The van der Waals surface area contributed by atoms with E-state index in [0.29, 0.717) is 19.3 Å². The minimum Gasteiger partial charge on any atom is -0.462 e. The third-order valence-corrected chi connectivity index (χ3v) is 10.3. The normalized spacial score (nSPS) is 12.9. The van der Waals surface area contributed by atoms with E-state index in [4.69, 9.17) is 14.2 Å². The topological polar surface area (TPSA) is 78.9 Å². The standard InChI is InChI=1S/C56H92O6/c1-4-7-10-13-16-19-21-23-25-26-27-28-29-30-31-33-34-37-40-43-46-49-55(58)61-52-53(51-60-54(57)48-45-42-39-36-18-15-12-9-6-3)62-56(59)50-47-44-41-38-35-32-24-22-20-17-14-11-8-5-2/h7,10,14,16-17,19,22-25,27-28,30-31,34,37,53H,4-6,8-9,11-13,15,18,20-21,26,29,32-33,35-36,38-52H2,1-3H3/b10-7-,17-14-,19-16-,24-22-,25-23-,28-27-,31-30-,37-34-. The lowest BCUT2D eigenvalue weighted by molar-refractivity contribution is -0.167. The predicted molar refractivity (Wildman–Crippen MR) is 265 cm³/mol. The average molecular weight is 861 g/mol. The van der Waals surface area contributed by atoms with E-state index in [1.54, 1.807) is 0 Å². The first kappa shape index (κ1) is 58.3. The molecule has 0 aromatic rings. The van der Waals surface area contributed by atoms with E-state index in [2.05, 4.69) is 118 Å². The van der Waals surface area contributed by atoms with Crippen molar-refractivity contribution in [3.8, 4) is 0 Å². The molecule has 6 nitrogen and oxygen atoms in total. The van der Waals surface area contributed by atoms with Gasteiger partial charge in [-0.25, -0.2) is 0 Å². The van der Waals surface area contributed by atoms with Gasteiger partial charge in [0.05, 0.1) is 0 Å². The molecule has 0 aromatic heterocycles. The molecule has 0 fully saturated rings. The van der Waals surface area contributed by atoms with Gasteiger partial charge in [-0.05, 0) is 96.3 Å². The lowest BCUT2D eigenvalue weighted by Crippen LogP contribution is -2.30. The summed E-state index contributed by atoms with van der Waals surface area (Å²) < 4.78 is 16.7. The molecule has 0 radical (unpaired) electrons. The molecule has 352 valence electrons. The molecule has 0 aromatic carbocycles. The van der Waals surface area contributed by atoms with E-state index in [9.17, 15) is 14.4 Å². The number of ether oxygens (including phenoxy) is 3. The second kappa shape index (κ2) is 50.0. The summed E-state index contributed by atoms with van der Waals surface area (Å²) in [4.78, 5) is 37.8. The second-order valence-corrected chi connectivity index (χ2v) is 16.3. The monoisotopic (exact) mass is 861 g/mol. The maximum Gasteiger partial charge on any atom is 0.306 e. The molecule has 62 heavy (non-hydrogen) atoms. The molecule has 0 aliphatic carbocycles. The van der Waals surface area contributed by atoms with Crippen molar-refractivity contribution in [2.24, 2.45) is 0 Å². The van der Waals surface area contributed by atoms with E-state index in [1.165, 1.54) is 57.8 Å². The third-order valence-electron chi connectivity index (χ3n) is 10.3. The quantitative estimate of drug-likeness (QED) is 0.0263. The number of rotatable bonds is 44. The maximum absolute atomic E-state index is 12.8. The van der Waals surface area contributed by atoms with Crippen molar-refractivity contribution < 1.29 is 28.6 Å². The van der Waals surface area contributed by atoms with Crippen molar-refractivity contribution in [3.05, 3.63) is 97.2 Å². The van der Waals surface area contributed by atoms with Crippen LogP contribution in [0.2, 0.25) is 0 Å². The van der Waals surface area contributed by atoms with Crippen LogP contribution < -0.4 is 0 Å². The van der Waals surface area contributed by atoms with Gasteiger partial charge in [-0.3, -0.25) is 14.4 Å². The van der Waals surface area contributed by atoms with Gasteiger partial charge in [-0.2, -0.15) is 0 Å². The number of carbonyl (C=O) groups excluding carboxylic acids is 3. The molecule has 0 heterocycles. The smallest absolute Gasteiger partial charge is 0.306 e. The first-order valence-corrected chi connectivity index (χ1v) is 25.2. The van der Waals surface area contributed by atoms with Crippen molar-refractivity contribution in [2.45, 2.75) is 226 Å². The zero-order valence-corrected chi connectivity index (χ0v) is 40.1. The van der Waals surface area contributed by atoms with Gasteiger partial charge in [0, 0.05) is 19.3 Å². The van der Waals surface area contributed by atoms with E-state index < -0.39 is 6.10 Å². The molecule has 0 aliphatic heterocycles. The van der Waals surface area contributed by atoms with Gasteiger partial charge in [-0.1, -0.05) is 201 Å². The molecule has 0 saturated heterocycles. The van der Waals surface area contributed by atoms with E-state index in [-0.39, 0.29) is 31.1 Å². The van der Waals surface area contributed by atoms with Crippen molar-refractivity contribution in [2.75, 3.05) is 13.2 Å². The highest BCUT2D eigenvalue weighted by molar-refractivity contribution is 5.71. The molecule has 0 saturated carbocycles. The summed E-state index contributed by atoms with van der Waals surface area (Å²) >= 11 is 0. The van der Waals surface area contributed by atoms with E-state index in [1.807, 2.05) is 0 Å². The van der Waals surface area contributed by atoms with Crippen LogP contribution in [-0.4, -0.2) is 37.2 Å². The Kier molecular flexibility index (Phi) is 47.0. The second-order valence-electron chi connectivity index (χ2n) is 16.3. The molecule has 6 heteroatoms. The Morgan fingerprint density at radius 3 is 1.06 bits per heavy atom. The Morgan fingerprint density at radius 2 is 0.645 bits per heavy atom. The van der Waals surface area contributed by atoms with Crippen LogP contribution in [0.25, 0.3) is 0 Å². The highest BCUT2D eigenvalue weighted by atomic mass is 16.6. The van der Waals surface area contributed by atoms with Gasteiger partial charge in [-0.15, -0.1) is 0 Å². The van der Waals surface area contributed by atoms with Crippen molar-refractivity contribution in [1.82, 2.24) is 0 Å². The number of allylic oxidation sites excluding steroid dienone is 16. The highest BCUT2D eigenvalue weighted by Crippen LogP contribution is 2.13. The Morgan fingerprint density at radius 1 is 0.339 bits per heavy atom. The van der Waals surface area contributed by atoms with Crippen molar-refractivity contribution in [1.29, 1.82) is 0 Å². The average Bonchev–Trinajstić information content (AvgIpc) is 3.27. The summed E-state index contributed by atoms with van der Waals surface area (Å²) in [5, 5.41) is 0. The number of esters is 3. The number of carbonyl (C=O) groups is 3. The number of unbranched alkanes of at least 4 members (excludes halogenated alkanes) is 17. The SMILES string of the molecule is CC/C=C\C/C=C\C/C=C\C/C=C\C/C=C\C/C=C\CCCCC(=O)OCC(COC(=O)CCCCCCCCCCC)OC(=O)CCCCCCC/C=C\C/C=C\CCCC. The molecule has 1 unspecified atom stereocenters. The molecule has 0 amide bonds. The zero-order valence-electron chi connectivity index (χ0n) is 40.1. The predicted octanol–water partition coefficient (Wildman–Crippen LogP) is 16.6. The van der Waals surface area contributed by atoms with Crippen LogP contribution in [0.15, 0.2) is 97.2 Å². The Bertz CT molecular complexity index is 1260. The number of hydrogen-bond donors (Lipinski definition) is 0. The minimum absolute atomic E-state index is 0.0972. The van der Waals surface area contributed by atoms with Crippen molar-refractivity contribution in [3.63, 3.8) is 0 Å². The molecule has 0 aliphatic rings.